The lowest BCUT2D eigenvalue weighted by Gasteiger charge is -2.39. The SMILES string of the molecule is CN=C(NCc1ccc(-n2ccnc2)c(F)c1)N1CCSC(C)(C)C1. The predicted molar refractivity (Wildman–Crippen MR) is 102 cm³/mol. The highest BCUT2D eigenvalue weighted by molar-refractivity contribution is 8.00. The van der Waals surface area contributed by atoms with Crippen LogP contribution >= 0.6 is 11.8 Å². The number of aromatic nitrogens is 2. The van der Waals surface area contributed by atoms with Gasteiger partial charge in [-0.05, 0) is 31.5 Å². The number of hydrogen-bond acceptors (Lipinski definition) is 3. The maximum Gasteiger partial charge on any atom is 0.193 e. The van der Waals surface area contributed by atoms with Crippen molar-refractivity contribution in [3.63, 3.8) is 0 Å². The van der Waals surface area contributed by atoms with Gasteiger partial charge in [0.2, 0.25) is 0 Å². The van der Waals surface area contributed by atoms with Crippen LogP contribution in [0.15, 0.2) is 41.9 Å². The molecule has 0 saturated carbocycles. The smallest absolute Gasteiger partial charge is 0.193 e. The molecule has 0 aliphatic carbocycles. The standard InChI is InChI=1S/C18H24FN5S/c1-18(2)12-23(8-9-25-18)17(20-3)22-11-14-4-5-16(15(19)10-14)24-7-6-21-13-24/h4-7,10,13H,8-9,11-12H2,1-3H3,(H,20,22). The van der Waals surface area contributed by atoms with Crippen LogP contribution in [0.1, 0.15) is 19.4 Å². The van der Waals surface area contributed by atoms with Crippen LogP contribution < -0.4 is 5.32 Å². The number of rotatable bonds is 3. The number of hydrogen-bond donors (Lipinski definition) is 1. The Morgan fingerprint density at radius 1 is 1.44 bits per heavy atom. The number of nitrogens with one attached hydrogen (secondary N) is 1. The zero-order chi connectivity index (χ0) is 17.9. The van der Waals surface area contributed by atoms with E-state index >= 15 is 0 Å². The molecule has 134 valence electrons. The van der Waals surface area contributed by atoms with Crippen molar-refractivity contribution in [2.75, 3.05) is 25.9 Å². The molecule has 25 heavy (non-hydrogen) atoms. The van der Waals surface area contributed by atoms with Gasteiger partial charge in [0, 0.05) is 49.6 Å². The summed E-state index contributed by atoms with van der Waals surface area (Å²) in [4.78, 5) is 10.6. The molecular formula is C18H24FN5S. The number of nitrogens with zero attached hydrogens (tertiary/aromatic N) is 4. The normalized spacial score (nSPS) is 17.6. The molecule has 0 atom stereocenters. The Morgan fingerprint density at radius 2 is 2.28 bits per heavy atom. The van der Waals surface area contributed by atoms with Gasteiger partial charge in [0.05, 0.1) is 12.0 Å². The van der Waals surface area contributed by atoms with Crippen molar-refractivity contribution >= 4 is 17.7 Å². The van der Waals surface area contributed by atoms with Gasteiger partial charge in [0.25, 0.3) is 0 Å². The highest BCUT2D eigenvalue weighted by Crippen LogP contribution is 2.29. The number of benzene rings is 1. The molecule has 0 spiro atoms. The molecule has 0 radical (unpaired) electrons. The van der Waals surface area contributed by atoms with Crippen molar-refractivity contribution in [1.82, 2.24) is 19.8 Å². The van der Waals surface area contributed by atoms with Gasteiger partial charge in [-0.2, -0.15) is 11.8 Å². The van der Waals surface area contributed by atoms with E-state index in [1.54, 1.807) is 42.5 Å². The van der Waals surface area contributed by atoms with Gasteiger partial charge < -0.3 is 14.8 Å². The van der Waals surface area contributed by atoms with Gasteiger partial charge in [-0.1, -0.05) is 6.07 Å². The lowest BCUT2D eigenvalue weighted by Crippen LogP contribution is -2.50. The lowest BCUT2D eigenvalue weighted by atomic mass is 10.2. The van der Waals surface area contributed by atoms with Crippen molar-refractivity contribution in [2.24, 2.45) is 4.99 Å². The summed E-state index contributed by atoms with van der Waals surface area (Å²) in [5, 5.41) is 3.36. The van der Waals surface area contributed by atoms with Crippen LogP contribution in [0.5, 0.6) is 0 Å². The average molecular weight is 361 g/mol. The monoisotopic (exact) mass is 361 g/mol. The number of thioether (sulfide) groups is 1. The molecule has 2 aromatic rings. The molecule has 1 aromatic heterocycles. The molecule has 1 fully saturated rings. The van der Waals surface area contributed by atoms with Gasteiger partial charge >= 0.3 is 0 Å². The molecule has 1 saturated heterocycles. The molecule has 2 heterocycles. The number of guanidine groups is 1. The zero-order valence-corrected chi connectivity index (χ0v) is 15.7. The molecule has 0 amide bonds. The maximum atomic E-state index is 14.4. The second kappa shape index (κ2) is 7.47. The summed E-state index contributed by atoms with van der Waals surface area (Å²) in [7, 11) is 1.79. The molecular weight excluding hydrogens is 337 g/mol. The van der Waals surface area contributed by atoms with E-state index in [4.69, 9.17) is 0 Å². The summed E-state index contributed by atoms with van der Waals surface area (Å²) >= 11 is 1.99. The minimum Gasteiger partial charge on any atom is -0.352 e. The summed E-state index contributed by atoms with van der Waals surface area (Å²) in [6.45, 7) is 6.97. The van der Waals surface area contributed by atoms with Crippen LogP contribution in [0, 0.1) is 5.82 Å². The second-order valence-corrected chi connectivity index (χ2v) is 8.49. The summed E-state index contributed by atoms with van der Waals surface area (Å²) in [5.41, 5.74) is 1.38. The fourth-order valence-corrected chi connectivity index (χ4v) is 4.09. The minimum atomic E-state index is -0.261. The Balaban J connectivity index is 1.65. The number of aliphatic imine (C=N–C) groups is 1. The Hall–Kier alpha value is -2.02. The first-order valence-corrected chi connectivity index (χ1v) is 9.33. The van der Waals surface area contributed by atoms with E-state index < -0.39 is 0 Å². The molecule has 0 unspecified atom stereocenters. The van der Waals surface area contributed by atoms with Crippen LogP contribution in [0.25, 0.3) is 5.69 Å². The summed E-state index contributed by atoms with van der Waals surface area (Å²) in [6, 6.07) is 5.26. The van der Waals surface area contributed by atoms with Crippen LogP contribution in [0.4, 0.5) is 4.39 Å². The summed E-state index contributed by atoms with van der Waals surface area (Å²) in [6.07, 6.45) is 4.96. The summed E-state index contributed by atoms with van der Waals surface area (Å²) < 4.78 is 16.2. The van der Waals surface area contributed by atoms with Gasteiger partial charge in [0.15, 0.2) is 5.96 Å². The first-order valence-electron chi connectivity index (χ1n) is 8.35. The third kappa shape index (κ3) is 4.34. The Bertz CT molecular complexity index is 742. The fraction of sp³-hybridized carbons (Fsp3) is 0.444. The van der Waals surface area contributed by atoms with Crippen molar-refractivity contribution in [3.8, 4) is 5.69 Å². The molecule has 3 rings (SSSR count). The van der Waals surface area contributed by atoms with Gasteiger partial charge in [-0.25, -0.2) is 9.37 Å². The maximum absolute atomic E-state index is 14.4. The van der Waals surface area contributed by atoms with Gasteiger partial charge in [-0.3, -0.25) is 4.99 Å². The Morgan fingerprint density at radius 3 is 2.92 bits per heavy atom. The van der Waals surface area contributed by atoms with Crippen LogP contribution in [-0.2, 0) is 6.54 Å². The minimum absolute atomic E-state index is 0.217. The topological polar surface area (TPSA) is 45.5 Å². The van der Waals surface area contributed by atoms with Gasteiger partial charge in [-0.15, -0.1) is 0 Å². The van der Waals surface area contributed by atoms with Crippen molar-refractivity contribution in [3.05, 3.63) is 48.3 Å². The van der Waals surface area contributed by atoms with Crippen molar-refractivity contribution < 1.29 is 4.39 Å². The summed E-state index contributed by atoms with van der Waals surface area (Å²) in [5.74, 6) is 1.69. The predicted octanol–water partition coefficient (Wildman–Crippen LogP) is 2.91. The number of halogens is 1. The molecule has 5 nitrogen and oxygen atoms in total. The second-order valence-electron chi connectivity index (χ2n) is 6.69. The van der Waals surface area contributed by atoms with Crippen molar-refractivity contribution in [2.45, 2.75) is 25.1 Å². The molecule has 7 heteroatoms. The van der Waals surface area contributed by atoms with Crippen LogP contribution in [0.3, 0.4) is 0 Å². The third-order valence-electron chi connectivity index (χ3n) is 4.18. The Labute approximate surface area is 152 Å². The van der Waals surface area contributed by atoms with E-state index in [0.29, 0.717) is 12.2 Å². The zero-order valence-electron chi connectivity index (χ0n) is 14.9. The molecule has 1 aromatic carbocycles. The van der Waals surface area contributed by atoms with E-state index in [9.17, 15) is 4.39 Å². The highest BCUT2D eigenvalue weighted by Gasteiger charge is 2.28. The lowest BCUT2D eigenvalue weighted by molar-refractivity contribution is 0.375. The van der Waals surface area contributed by atoms with Crippen molar-refractivity contribution in [1.29, 1.82) is 0 Å². The van der Waals surface area contributed by atoms with E-state index in [0.717, 1.165) is 30.4 Å². The first-order chi connectivity index (χ1) is 12.0. The van der Waals surface area contributed by atoms with E-state index in [1.165, 1.54) is 0 Å². The average Bonchev–Trinajstić information content (AvgIpc) is 3.09. The molecule has 1 aliphatic rings. The first kappa shape index (κ1) is 17.8. The third-order valence-corrected chi connectivity index (χ3v) is 5.48. The van der Waals surface area contributed by atoms with Crippen LogP contribution in [0.2, 0.25) is 0 Å². The fourth-order valence-electron chi connectivity index (χ4n) is 2.98. The Kier molecular flexibility index (Phi) is 5.32. The van der Waals surface area contributed by atoms with Gasteiger partial charge in [0.1, 0.15) is 5.82 Å². The quantitative estimate of drug-likeness (QED) is 0.674. The number of imidazole rings is 1. The highest BCUT2D eigenvalue weighted by atomic mass is 32.2. The van der Waals surface area contributed by atoms with E-state index in [1.807, 2.05) is 17.8 Å². The van der Waals surface area contributed by atoms with Crippen LogP contribution in [-0.4, -0.2) is 51.0 Å². The van der Waals surface area contributed by atoms with E-state index in [-0.39, 0.29) is 10.6 Å². The molecule has 1 N–H and O–H groups in total. The molecule has 1 aliphatic heterocycles. The molecule has 0 bridgehead atoms. The van der Waals surface area contributed by atoms with E-state index in [2.05, 4.69) is 34.0 Å². The largest absolute Gasteiger partial charge is 0.352 e.